The lowest BCUT2D eigenvalue weighted by Gasteiger charge is -2.08. The lowest BCUT2D eigenvalue weighted by molar-refractivity contribution is 0.445. The second-order valence-electron chi connectivity index (χ2n) is 5.80. The third-order valence-electron chi connectivity index (χ3n) is 3.95. The predicted octanol–water partition coefficient (Wildman–Crippen LogP) is 3.69. The van der Waals surface area contributed by atoms with Crippen molar-refractivity contribution in [3.05, 3.63) is 82.9 Å². The van der Waals surface area contributed by atoms with Gasteiger partial charge in [-0.1, -0.05) is 36.4 Å². The second-order valence-corrected chi connectivity index (χ2v) is 5.80. The van der Waals surface area contributed by atoms with E-state index in [0.717, 1.165) is 22.3 Å². The van der Waals surface area contributed by atoms with Crippen molar-refractivity contribution in [2.75, 3.05) is 0 Å². The van der Waals surface area contributed by atoms with Crippen molar-refractivity contribution in [2.45, 2.75) is 12.8 Å². The highest BCUT2D eigenvalue weighted by atomic mass is 16.3. The minimum Gasteiger partial charge on any atom is -0.508 e. The van der Waals surface area contributed by atoms with E-state index in [0.29, 0.717) is 12.8 Å². The minimum atomic E-state index is 0.0419. The molecular formula is C20H18O4. The molecule has 0 unspecified atom stereocenters. The van der Waals surface area contributed by atoms with Gasteiger partial charge in [0.15, 0.2) is 0 Å². The van der Waals surface area contributed by atoms with Crippen LogP contribution in [-0.2, 0) is 12.8 Å². The summed E-state index contributed by atoms with van der Waals surface area (Å²) in [4.78, 5) is 0. The summed E-state index contributed by atoms with van der Waals surface area (Å²) in [6.45, 7) is 0. The molecule has 24 heavy (non-hydrogen) atoms. The highest BCUT2D eigenvalue weighted by Crippen LogP contribution is 2.27. The molecule has 0 amide bonds. The van der Waals surface area contributed by atoms with Gasteiger partial charge < -0.3 is 20.4 Å². The molecule has 3 rings (SSSR count). The van der Waals surface area contributed by atoms with Gasteiger partial charge in [0.1, 0.15) is 23.0 Å². The summed E-state index contributed by atoms with van der Waals surface area (Å²) in [7, 11) is 0. The molecule has 0 aliphatic rings. The largest absolute Gasteiger partial charge is 0.508 e. The smallest absolute Gasteiger partial charge is 0.122 e. The van der Waals surface area contributed by atoms with Crippen molar-refractivity contribution in [2.24, 2.45) is 0 Å². The first-order valence-electron chi connectivity index (χ1n) is 7.61. The van der Waals surface area contributed by atoms with Crippen molar-refractivity contribution in [3.63, 3.8) is 0 Å². The molecule has 122 valence electrons. The maximum absolute atomic E-state index is 9.85. The Balaban J connectivity index is 1.73. The Morgan fingerprint density at radius 1 is 0.500 bits per heavy atom. The highest BCUT2D eigenvalue weighted by Gasteiger charge is 2.06. The Bertz CT molecular complexity index is 782. The normalized spacial score (nSPS) is 10.7. The Morgan fingerprint density at radius 2 is 0.875 bits per heavy atom. The van der Waals surface area contributed by atoms with Gasteiger partial charge in [0.25, 0.3) is 0 Å². The molecule has 0 saturated carbocycles. The molecule has 4 heteroatoms. The first kappa shape index (κ1) is 15.7. The Labute approximate surface area is 139 Å². The molecule has 0 atom stereocenters. The van der Waals surface area contributed by atoms with E-state index in [1.807, 2.05) is 24.3 Å². The fourth-order valence-corrected chi connectivity index (χ4v) is 2.62. The Hall–Kier alpha value is -3.14. The average molecular weight is 322 g/mol. The lowest BCUT2D eigenvalue weighted by Crippen LogP contribution is -1.92. The molecule has 0 bridgehead atoms. The van der Waals surface area contributed by atoms with Crippen LogP contribution in [0.4, 0.5) is 0 Å². The van der Waals surface area contributed by atoms with Crippen LogP contribution in [0.25, 0.3) is 0 Å². The van der Waals surface area contributed by atoms with Gasteiger partial charge >= 0.3 is 0 Å². The van der Waals surface area contributed by atoms with E-state index < -0.39 is 0 Å². The molecule has 0 aliphatic carbocycles. The Morgan fingerprint density at radius 3 is 1.21 bits per heavy atom. The first-order valence-corrected chi connectivity index (χ1v) is 7.61. The minimum absolute atomic E-state index is 0.0419. The molecule has 0 aromatic heterocycles. The molecule has 0 fully saturated rings. The van der Waals surface area contributed by atoms with E-state index >= 15 is 0 Å². The van der Waals surface area contributed by atoms with Crippen LogP contribution in [-0.4, -0.2) is 20.4 Å². The summed E-state index contributed by atoms with van der Waals surface area (Å²) >= 11 is 0. The monoisotopic (exact) mass is 322 g/mol. The van der Waals surface area contributed by atoms with Gasteiger partial charge in [-0.15, -0.1) is 0 Å². The molecule has 4 N–H and O–H groups in total. The molecule has 0 aliphatic heterocycles. The van der Waals surface area contributed by atoms with Gasteiger partial charge in [-0.2, -0.15) is 0 Å². The molecule has 0 spiro atoms. The van der Waals surface area contributed by atoms with Gasteiger partial charge in [-0.05, 0) is 34.4 Å². The fourth-order valence-electron chi connectivity index (χ4n) is 2.62. The SMILES string of the molecule is Oc1ccc(Cc2ccc(Cc3ccc(O)cc3O)cc2)c(O)c1. The van der Waals surface area contributed by atoms with E-state index in [-0.39, 0.29) is 23.0 Å². The van der Waals surface area contributed by atoms with Crippen molar-refractivity contribution < 1.29 is 20.4 Å². The zero-order valence-corrected chi connectivity index (χ0v) is 13.0. The van der Waals surface area contributed by atoms with Crippen molar-refractivity contribution in [3.8, 4) is 23.0 Å². The molecule has 0 saturated heterocycles. The molecule has 0 radical (unpaired) electrons. The van der Waals surface area contributed by atoms with E-state index in [1.165, 1.54) is 12.1 Å². The lowest BCUT2D eigenvalue weighted by atomic mass is 9.99. The van der Waals surface area contributed by atoms with Crippen LogP contribution in [0.15, 0.2) is 60.7 Å². The number of phenolic OH excluding ortho intramolecular Hbond substituents is 4. The van der Waals surface area contributed by atoms with Crippen LogP contribution in [0.2, 0.25) is 0 Å². The molecule has 4 nitrogen and oxygen atoms in total. The van der Waals surface area contributed by atoms with Crippen LogP contribution in [0.5, 0.6) is 23.0 Å². The van der Waals surface area contributed by atoms with E-state index in [2.05, 4.69) is 0 Å². The number of phenols is 4. The third-order valence-corrected chi connectivity index (χ3v) is 3.95. The van der Waals surface area contributed by atoms with Gasteiger partial charge in [0, 0.05) is 25.0 Å². The summed E-state index contributed by atoms with van der Waals surface area (Å²) in [6.07, 6.45) is 1.13. The van der Waals surface area contributed by atoms with Crippen LogP contribution < -0.4 is 0 Å². The molecular weight excluding hydrogens is 304 g/mol. The van der Waals surface area contributed by atoms with Gasteiger partial charge in [0.05, 0.1) is 0 Å². The summed E-state index contributed by atoms with van der Waals surface area (Å²) in [5.41, 5.74) is 3.57. The zero-order valence-electron chi connectivity index (χ0n) is 13.0. The van der Waals surface area contributed by atoms with Crippen LogP contribution >= 0.6 is 0 Å². The molecule has 3 aromatic carbocycles. The number of aromatic hydroxyl groups is 4. The fraction of sp³-hybridized carbons (Fsp3) is 0.100. The highest BCUT2D eigenvalue weighted by molar-refractivity contribution is 5.44. The van der Waals surface area contributed by atoms with E-state index in [4.69, 9.17) is 0 Å². The van der Waals surface area contributed by atoms with Gasteiger partial charge in [-0.25, -0.2) is 0 Å². The van der Waals surface area contributed by atoms with Crippen LogP contribution in [0, 0.1) is 0 Å². The van der Waals surface area contributed by atoms with Crippen molar-refractivity contribution >= 4 is 0 Å². The zero-order chi connectivity index (χ0) is 17.1. The number of benzene rings is 3. The first-order chi connectivity index (χ1) is 11.5. The van der Waals surface area contributed by atoms with Crippen LogP contribution in [0.1, 0.15) is 22.3 Å². The number of hydrogen-bond donors (Lipinski definition) is 4. The maximum Gasteiger partial charge on any atom is 0.122 e. The Kier molecular flexibility index (Phi) is 4.29. The summed E-state index contributed by atoms with van der Waals surface area (Å²) in [6, 6.07) is 17.1. The van der Waals surface area contributed by atoms with Crippen LogP contribution in [0.3, 0.4) is 0 Å². The number of rotatable bonds is 4. The molecule has 0 heterocycles. The standard InChI is InChI=1S/C20H18O4/c21-17-7-5-15(19(23)11-17)9-13-1-2-14(4-3-13)10-16-6-8-18(22)12-20(16)24/h1-8,11-12,21-24H,9-10H2. The second kappa shape index (κ2) is 6.54. The summed E-state index contributed by atoms with van der Waals surface area (Å²) in [5, 5.41) is 38.3. The van der Waals surface area contributed by atoms with E-state index in [1.54, 1.807) is 24.3 Å². The third kappa shape index (κ3) is 3.60. The maximum atomic E-state index is 9.85. The average Bonchev–Trinajstić information content (AvgIpc) is 2.54. The molecule has 3 aromatic rings. The summed E-state index contributed by atoms with van der Waals surface area (Å²) in [5.74, 6) is 0.238. The topological polar surface area (TPSA) is 80.9 Å². The predicted molar refractivity (Wildman–Crippen MR) is 91.6 cm³/mol. The van der Waals surface area contributed by atoms with Crippen molar-refractivity contribution in [1.29, 1.82) is 0 Å². The van der Waals surface area contributed by atoms with Gasteiger partial charge in [0.2, 0.25) is 0 Å². The quantitative estimate of drug-likeness (QED) is 0.590. The summed E-state index contributed by atoms with van der Waals surface area (Å²) < 4.78 is 0. The van der Waals surface area contributed by atoms with E-state index in [9.17, 15) is 20.4 Å². The van der Waals surface area contributed by atoms with Crippen molar-refractivity contribution in [1.82, 2.24) is 0 Å². The number of hydrogen-bond acceptors (Lipinski definition) is 4. The van der Waals surface area contributed by atoms with Gasteiger partial charge in [-0.3, -0.25) is 0 Å².